The second kappa shape index (κ2) is 10.3. The number of benzene rings is 2. The quantitative estimate of drug-likeness (QED) is 0.289. The predicted octanol–water partition coefficient (Wildman–Crippen LogP) is 3.84. The second-order valence-corrected chi connectivity index (χ2v) is 8.53. The molecule has 0 bridgehead atoms. The van der Waals surface area contributed by atoms with Gasteiger partial charge in [-0.25, -0.2) is 0 Å². The zero-order valence-corrected chi connectivity index (χ0v) is 19.4. The molecule has 0 unspecified atom stereocenters. The molecular weight excluding hydrogens is 456 g/mol. The van der Waals surface area contributed by atoms with Gasteiger partial charge in [0.1, 0.15) is 5.75 Å². The Kier molecular flexibility index (Phi) is 7.07. The molecule has 0 saturated carbocycles. The molecule has 4 rings (SSSR count). The predicted molar refractivity (Wildman–Crippen MR) is 130 cm³/mol. The minimum Gasteiger partial charge on any atom is -0.870 e. The first kappa shape index (κ1) is 23.2. The number of rotatable bonds is 7. The average Bonchev–Trinajstić information content (AvgIpc) is 3.39. The van der Waals surface area contributed by atoms with Crippen molar-refractivity contribution in [3.8, 4) is 11.5 Å². The summed E-state index contributed by atoms with van der Waals surface area (Å²) < 4.78 is 5.24. The number of carbonyl (C=O) groups excluding carboxylic acids is 1. The number of anilines is 1. The fraction of sp³-hybridized carbons (Fsp3) is 0.250. The van der Waals surface area contributed by atoms with E-state index in [0.29, 0.717) is 18.8 Å². The van der Waals surface area contributed by atoms with Crippen LogP contribution < -0.4 is 14.7 Å². The van der Waals surface area contributed by atoms with Crippen molar-refractivity contribution in [3.63, 3.8) is 0 Å². The first-order valence-electron chi connectivity index (χ1n) is 10.8. The van der Waals surface area contributed by atoms with E-state index in [0.717, 1.165) is 29.7 Å². The van der Waals surface area contributed by atoms with Crippen molar-refractivity contribution >= 4 is 40.5 Å². The summed E-state index contributed by atoms with van der Waals surface area (Å²) in [5, 5.41) is 25.6. The standard InChI is InChI=1S/C24H24N4O5S/c1-2-33-21-15-20(28(31)32)14-17(23(21)29)16-25-18-5-7-19(8-6-18)26-9-11-27(12-10-26)24(30)22-4-3-13-34-22/h3-8,13-16,29H,2,9-12H2,1H3/p-1. The number of piperazine rings is 1. The molecule has 0 N–H and O–H groups in total. The maximum Gasteiger partial charge on any atom is 0.273 e. The molecule has 34 heavy (non-hydrogen) atoms. The number of carbonyl (C=O) groups is 1. The Hall–Kier alpha value is -3.92. The molecule has 1 saturated heterocycles. The molecule has 1 aliphatic heterocycles. The first-order valence-corrected chi connectivity index (χ1v) is 11.7. The number of ether oxygens (including phenoxy) is 1. The van der Waals surface area contributed by atoms with Crippen LogP contribution in [-0.2, 0) is 0 Å². The number of hydrogen-bond donors (Lipinski definition) is 0. The highest BCUT2D eigenvalue weighted by atomic mass is 32.1. The third kappa shape index (κ3) is 5.18. The summed E-state index contributed by atoms with van der Waals surface area (Å²) in [6.45, 7) is 4.69. The number of nitro groups is 1. The normalized spacial score (nSPS) is 13.9. The van der Waals surface area contributed by atoms with Crippen LogP contribution >= 0.6 is 11.3 Å². The van der Waals surface area contributed by atoms with Crippen LogP contribution in [0.3, 0.4) is 0 Å². The maximum absolute atomic E-state index is 12.5. The Bertz CT molecular complexity index is 1190. The molecule has 1 fully saturated rings. The third-order valence-electron chi connectivity index (χ3n) is 5.45. The topological polar surface area (TPSA) is 111 Å². The Labute approximate surface area is 200 Å². The number of nitrogens with zero attached hydrogens (tertiary/aromatic N) is 4. The second-order valence-electron chi connectivity index (χ2n) is 7.58. The van der Waals surface area contributed by atoms with E-state index >= 15 is 0 Å². The average molecular weight is 480 g/mol. The molecule has 1 amide bonds. The fourth-order valence-corrected chi connectivity index (χ4v) is 4.38. The molecular formula is C24H23N4O5S-. The largest absolute Gasteiger partial charge is 0.870 e. The van der Waals surface area contributed by atoms with Crippen LogP contribution in [0.1, 0.15) is 22.2 Å². The van der Waals surface area contributed by atoms with E-state index in [4.69, 9.17) is 4.74 Å². The number of nitro benzene ring substituents is 1. The van der Waals surface area contributed by atoms with Crippen LogP contribution in [0.15, 0.2) is 58.9 Å². The van der Waals surface area contributed by atoms with Crippen molar-refractivity contribution in [2.45, 2.75) is 6.92 Å². The van der Waals surface area contributed by atoms with Gasteiger partial charge in [-0.3, -0.25) is 19.9 Å². The van der Waals surface area contributed by atoms with E-state index in [1.807, 2.05) is 46.7 Å². The van der Waals surface area contributed by atoms with Crippen LogP contribution in [0.5, 0.6) is 11.5 Å². The van der Waals surface area contributed by atoms with Gasteiger partial charge in [0.05, 0.1) is 28.2 Å². The van der Waals surface area contributed by atoms with Crippen molar-refractivity contribution in [3.05, 3.63) is 74.5 Å². The van der Waals surface area contributed by atoms with E-state index < -0.39 is 10.7 Å². The molecule has 2 heterocycles. The summed E-state index contributed by atoms with van der Waals surface area (Å²) in [6, 6.07) is 13.6. The smallest absolute Gasteiger partial charge is 0.273 e. The summed E-state index contributed by atoms with van der Waals surface area (Å²) in [7, 11) is 0. The highest BCUT2D eigenvalue weighted by molar-refractivity contribution is 7.12. The van der Waals surface area contributed by atoms with Gasteiger partial charge < -0.3 is 19.6 Å². The number of aliphatic imine (C=N–C) groups is 1. The van der Waals surface area contributed by atoms with Crippen LogP contribution in [0.25, 0.3) is 0 Å². The Balaban J connectivity index is 1.42. The molecule has 0 spiro atoms. The van der Waals surface area contributed by atoms with E-state index in [9.17, 15) is 20.0 Å². The van der Waals surface area contributed by atoms with Gasteiger partial charge in [0.15, 0.2) is 0 Å². The lowest BCUT2D eigenvalue weighted by Gasteiger charge is -2.36. The van der Waals surface area contributed by atoms with E-state index in [1.165, 1.54) is 23.6 Å². The van der Waals surface area contributed by atoms with Crippen molar-refractivity contribution in [2.24, 2.45) is 4.99 Å². The lowest BCUT2D eigenvalue weighted by Crippen LogP contribution is -2.48. The zero-order chi connectivity index (χ0) is 24.1. The number of amides is 1. The van der Waals surface area contributed by atoms with Crippen molar-refractivity contribution in [2.75, 3.05) is 37.7 Å². The number of thiophene rings is 1. The van der Waals surface area contributed by atoms with Gasteiger partial charge >= 0.3 is 0 Å². The van der Waals surface area contributed by atoms with Gasteiger partial charge in [0.2, 0.25) is 0 Å². The van der Waals surface area contributed by atoms with Gasteiger partial charge in [0.25, 0.3) is 11.6 Å². The molecule has 10 heteroatoms. The van der Waals surface area contributed by atoms with Crippen LogP contribution in [-0.4, -0.2) is 54.7 Å². The Morgan fingerprint density at radius 1 is 1.18 bits per heavy atom. The number of non-ortho nitro benzene ring substituents is 1. The third-order valence-corrected chi connectivity index (χ3v) is 6.30. The van der Waals surface area contributed by atoms with Gasteiger partial charge in [-0.15, -0.1) is 11.3 Å². The highest BCUT2D eigenvalue weighted by Crippen LogP contribution is 2.32. The summed E-state index contributed by atoms with van der Waals surface area (Å²) in [5.41, 5.74) is 1.49. The van der Waals surface area contributed by atoms with Gasteiger partial charge in [-0.2, -0.15) is 0 Å². The minimum atomic E-state index is -0.568. The SMILES string of the molecule is CCOc1cc([N+](=O)[O-])cc(C=Nc2ccc(N3CCN(C(=O)c4cccs4)CC3)cc2)c1[O-]. The van der Waals surface area contributed by atoms with Gasteiger partial charge in [-0.1, -0.05) is 11.8 Å². The molecule has 3 aromatic rings. The summed E-state index contributed by atoms with van der Waals surface area (Å²) >= 11 is 1.45. The Morgan fingerprint density at radius 2 is 1.91 bits per heavy atom. The Morgan fingerprint density at radius 3 is 2.53 bits per heavy atom. The van der Waals surface area contributed by atoms with Gasteiger partial charge in [-0.05, 0) is 48.2 Å². The van der Waals surface area contributed by atoms with Crippen molar-refractivity contribution in [1.82, 2.24) is 4.90 Å². The van der Waals surface area contributed by atoms with Crippen LogP contribution in [0, 0.1) is 10.1 Å². The monoisotopic (exact) mass is 479 g/mol. The summed E-state index contributed by atoms with van der Waals surface area (Å²) in [5.74, 6) is -0.432. The number of hydrogen-bond acceptors (Lipinski definition) is 8. The summed E-state index contributed by atoms with van der Waals surface area (Å²) in [4.78, 5) is 32.3. The molecule has 0 atom stereocenters. The van der Waals surface area contributed by atoms with Crippen molar-refractivity contribution < 1.29 is 19.6 Å². The summed E-state index contributed by atoms with van der Waals surface area (Å²) in [6.07, 6.45) is 1.32. The molecule has 2 aromatic carbocycles. The van der Waals surface area contributed by atoms with E-state index in [2.05, 4.69) is 9.89 Å². The van der Waals surface area contributed by atoms with Crippen LogP contribution in [0.2, 0.25) is 0 Å². The fourth-order valence-electron chi connectivity index (χ4n) is 3.69. The van der Waals surface area contributed by atoms with E-state index in [1.54, 1.807) is 6.92 Å². The zero-order valence-electron chi connectivity index (χ0n) is 18.5. The highest BCUT2D eigenvalue weighted by Gasteiger charge is 2.22. The van der Waals surface area contributed by atoms with Crippen molar-refractivity contribution in [1.29, 1.82) is 0 Å². The molecule has 0 radical (unpaired) electrons. The molecule has 176 valence electrons. The lowest BCUT2D eigenvalue weighted by molar-refractivity contribution is -0.385. The molecule has 1 aromatic heterocycles. The molecule has 9 nitrogen and oxygen atoms in total. The first-order chi connectivity index (χ1) is 16.5. The van der Waals surface area contributed by atoms with E-state index in [-0.39, 0.29) is 29.5 Å². The minimum absolute atomic E-state index is 0.0646. The molecule has 0 aliphatic carbocycles. The molecule has 1 aliphatic rings. The lowest BCUT2D eigenvalue weighted by atomic mass is 10.1. The van der Waals surface area contributed by atoms with Gasteiger partial charge in [0, 0.05) is 44.1 Å². The van der Waals surface area contributed by atoms with Crippen LogP contribution in [0.4, 0.5) is 17.1 Å². The maximum atomic E-state index is 12.5.